The minimum atomic E-state index is -0.883. The number of nitrogens with two attached hydrogens (primary N) is 1. The standard InChI is InChI=1S/C16H18FN3O4/c17-11-6-9(13(18)21)3-4-12(11)19-15(24)20-7-10-2-1-5-16(10,8-20)14(22)23/h3-4,6,10H,1-2,5,7-8H2,(H2,18,21)(H,19,24)(H,22,23)/t10-,16+/m0/s1. The molecule has 128 valence electrons. The lowest BCUT2D eigenvalue weighted by atomic mass is 9.81. The molecule has 4 N–H and O–H groups in total. The Bertz CT molecular complexity index is 723. The summed E-state index contributed by atoms with van der Waals surface area (Å²) in [4.78, 5) is 36.4. The van der Waals surface area contributed by atoms with Gasteiger partial charge in [-0.05, 0) is 37.0 Å². The van der Waals surface area contributed by atoms with Crippen molar-refractivity contribution in [1.82, 2.24) is 4.90 Å². The average molecular weight is 335 g/mol. The van der Waals surface area contributed by atoms with E-state index < -0.39 is 29.1 Å². The second-order valence-electron chi connectivity index (χ2n) is 6.42. The molecule has 0 unspecified atom stereocenters. The van der Waals surface area contributed by atoms with Crippen LogP contribution in [0.5, 0.6) is 0 Å². The van der Waals surface area contributed by atoms with Gasteiger partial charge < -0.3 is 21.1 Å². The molecule has 2 fully saturated rings. The fourth-order valence-electron chi connectivity index (χ4n) is 3.76. The van der Waals surface area contributed by atoms with E-state index in [2.05, 4.69) is 5.32 Å². The molecule has 1 aliphatic heterocycles. The molecule has 1 saturated carbocycles. The Kier molecular flexibility index (Phi) is 3.90. The van der Waals surface area contributed by atoms with Crippen molar-refractivity contribution in [3.63, 3.8) is 0 Å². The topological polar surface area (TPSA) is 113 Å². The van der Waals surface area contributed by atoms with Gasteiger partial charge in [0, 0.05) is 18.7 Å². The molecule has 8 heteroatoms. The SMILES string of the molecule is NC(=O)c1ccc(NC(=O)N2C[C@@H]3CCC[C@@]3(C(=O)O)C2)c(F)c1. The van der Waals surface area contributed by atoms with E-state index >= 15 is 0 Å². The highest BCUT2D eigenvalue weighted by molar-refractivity contribution is 5.95. The second kappa shape index (κ2) is 5.77. The fraction of sp³-hybridized carbons (Fsp3) is 0.438. The maximum Gasteiger partial charge on any atom is 0.321 e. The zero-order valence-electron chi connectivity index (χ0n) is 12.9. The lowest BCUT2D eigenvalue weighted by molar-refractivity contribution is -0.149. The maximum absolute atomic E-state index is 14.0. The van der Waals surface area contributed by atoms with Crippen molar-refractivity contribution in [2.24, 2.45) is 17.1 Å². The van der Waals surface area contributed by atoms with Crippen LogP contribution in [0, 0.1) is 17.2 Å². The van der Waals surface area contributed by atoms with Gasteiger partial charge in [-0.2, -0.15) is 0 Å². The molecular formula is C16H18FN3O4. The van der Waals surface area contributed by atoms with Gasteiger partial charge in [-0.1, -0.05) is 6.42 Å². The molecule has 24 heavy (non-hydrogen) atoms. The number of nitrogens with zero attached hydrogens (tertiary/aromatic N) is 1. The van der Waals surface area contributed by atoms with Crippen molar-refractivity contribution in [2.75, 3.05) is 18.4 Å². The van der Waals surface area contributed by atoms with E-state index in [9.17, 15) is 23.9 Å². The predicted molar refractivity (Wildman–Crippen MR) is 82.9 cm³/mol. The summed E-state index contributed by atoms with van der Waals surface area (Å²) in [6.07, 6.45) is 2.17. The minimum absolute atomic E-state index is 0.00559. The first-order chi connectivity index (χ1) is 11.3. The number of fused-ring (bicyclic) bond motifs is 1. The molecule has 0 radical (unpaired) electrons. The van der Waals surface area contributed by atoms with E-state index in [0.717, 1.165) is 18.9 Å². The second-order valence-corrected chi connectivity index (χ2v) is 6.42. The van der Waals surface area contributed by atoms with Crippen LogP contribution < -0.4 is 11.1 Å². The van der Waals surface area contributed by atoms with Crippen LogP contribution in [0.1, 0.15) is 29.6 Å². The van der Waals surface area contributed by atoms with E-state index in [1.54, 1.807) is 0 Å². The van der Waals surface area contributed by atoms with Gasteiger partial charge >= 0.3 is 12.0 Å². The summed E-state index contributed by atoms with van der Waals surface area (Å²) in [5, 5.41) is 12.0. The Labute approximate surface area is 137 Å². The summed E-state index contributed by atoms with van der Waals surface area (Å²) in [5.41, 5.74) is 4.12. The third-order valence-electron chi connectivity index (χ3n) is 5.08. The molecule has 7 nitrogen and oxygen atoms in total. The minimum Gasteiger partial charge on any atom is -0.481 e. The summed E-state index contributed by atoms with van der Waals surface area (Å²) >= 11 is 0. The zero-order chi connectivity index (χ0) is 17.5. The highest BCUT2D eigenvalue weighted by Gasteiger charge is 2.55. The number of hydrogen-bond donors (Lipinski definition) is 3. The molecule has 1 saturated heterocycles. The van der Waals surface area contributed by atoms with Gasteiger partial charge in [0.05, 0.1) is 11.1 Å². The third-order valence-corrected chi connectivity index (χ3v) is 5.08. The zero-order valence-corrected chi connectivity index (χ0v) is 12.9. The number of rotatable bonds is 3. The summed E-state index contributed by atoms with van der Waals surface area (Å²) in [6.45, 7) is 0.471. The van der Waals surface area contributed by atoms with E-state index in [-0.39, 0.29) is 23.7 Å². The number of halogens is 1. The number of aliphatic carboxylic acids is 1. The van der Waals surface area contributed by atoms with Crippen molar-refractivity contribution in [2.45, 2.75) is 19.3 Å². The number of nitrogens with one attached hydrogen (secondary N) is 1. The van der Waals surface area contributed by atoms with Crippen LogP contribution in [0.4, 0.5) is 14.9 Å². The Morgan fingerprint density at radius 2 is 2.12 bits per heavy atom. The van der Waals surface area contributed by atoms with E-state index in [1.165, 1.54) is 17.0 Å². The number of anilines is 1. The van der Waals surface area contributed by atoms with Gasteiger partial charge in [-0.15, -0.1) is 0 Å². The highest BCUT2D eigenvalue weighted by Crippen LogP contribution is 2.48. The molecule has 1 heterocycles. The average Bonchev–Trinajstić information content (AvgIpc) is 3.07. The van der Waals surface area contributed by atoms with E-state index in [1.807, 2.05) is 0 Å². The van der Waals surface area contributed by atoms with Crippen LogP contribution in [-0.2, 0) is 4.79 Å². The van der Waals surface area contributed by atoms with Crippen LogP contribution in [0.2, 0.25) is 0 Å². The molecule has 0 aromatic heterocycles. The summed E-state index contributed by atoms with van der Waals surface area (Å²) in [7, 11) is 0. The van der Waals surface area contributed by atoms with Crippen molar-refractivity contribution < 1.29 is 23.9 Å². The molecule has 1 aromatic rings. The van der Waals surface area contributed by atoms with Crippen molar-refractivity contribution in [3.8, 4) is 0 Å². The number of benzene rings is 1. The van der Waals surface area contributed by atoms with Crippen molar-refractivity contribution in [1.29, 1.82) is 0 Å². The van der Waals surface area contributed by atoms with Gasteiger partial charge in [0.25, 0.3) is 0 Å². The molecule has 2 aliphatic rings. The monoisotopic (exact) mass is 335 g/mol. The Morgan fingerprint density at radius 1 is 1.38 bits per heavy atom. The van der Waals surface area contributed by atoms with Crippen LogP contribution in [-0.4, -0.2) is 41.0 Å². The Balaban J connectivity index is 1.73. The van der Waals surface area contributed by atoms with Gasteiger partial charge in [-0.3, -0.25) is 9.59 Å². The van der Waals surface area contributed by atoms with E-state index in [0.29, 0.717) is 13.0 Å². The summed E-state index contributed by atoms with van der Waals surface area (Å²) in [6, 6.07) is 2.99. The number of carbonyl (C=O) groups is 3. The molecule has 1 aromatic carbocycles. The molecular weight excluding hydrogens is 317 g/mol. The lowest BCUT2D eigenvalue weighted by Gasteiger charge is -2.23. The number of carbonyl (C=O) groups excluding carboxylic acids is 2. The van der Waals surface area contributed by atoms with Gasteiger partial charge in [-0.25, -0.2) is 9.18 Å². The molecule has 3 rings (SSSR count). The van der Waals surface area contributed by atoms with Gasteiger partial charge in [0.1, 0.15) is 5.82 Å². The van der Waals surface area contributed by atoms with Gasteiger partial charge in [0.15, 0.2) is 0 Å². The van der Waals surface area contributed by atoms with Crippen LogP contribution in [0.3, 0.4) is 0 Å². The van der Waals surface area contributed by atoms with E-state index in [4.69, 9.17) is 5.73 Å². The number of amides is 3. The molecule has 0 bridgehead atoms. The lowest BCUT2D eigenvalue weighted by Crippen LogP contribution is -2.38. The van der Waals surface area contributed by atoms with Crippen LogP contribution in [0.15, 0.2) is 18.2 Å². The van der Waals surface area contributed by atoms with Crippen molar-refractivity contribution >= 4 is 23.6 Å². The summed E-state index contributed by atoms with van der Waals surface area (Å²) < 4.78 is 14.0. The first-order valence-corrected chi connectivity index (χ1v) is 7.72. The van der Waals surface area contributed by atoms with Crippen molar-refractivity contribution in [3.05, 3.63) is 29.6 Å². The predicted octanol–water partition coefficient (Wildman–Crippen LogP) is 1.64. The largest absolute Gasteiger partial charge is 0.481 e. The smallest absolute Gasteiger partial charge is 0.321 e. The number of likely N-dealkylation sites (tertiary alicyclic amines) is 1. The number of carboxylic acids is 1. The number of primary amides is 1. The summed E-state index contributed by atoms with van der Waals surface area (Å²) in [5.74, 6) is -2.48. The Morgan fingerprint density at radius 3 is 2.71 bits per heavy atom. The molecule has 1 aliphatic carbocycles. The fourth-order valence-corrected chi connectivity index (χ4v) is 3.76. The Hall–Kier alpha value is -2.64. The first-order valence-electron chi connectivity index (χ1n) is 7.72. The van der Waals surface area contributed by atoms with Gasteiger partial charge in [0.2, 0.25) is 5.91 Å². The highest BCUT2D eigenvalue weighted by atomic mass is 19.1. The molecule has 2 atom stereocenters. The first kappa shape index (κ1) is 16.2. The maximum atomic E-state index is 14.0. The molecule has 0 spiro atoms. The third kappa shape index (κ3) is 2.57. The molecule has 3 amide bonds. The van der Waals surface area contributed by atoms with Crippen LogP contribution >= 0.6 is 0 Å². The number of hydrogen-bond acceptors (Lipinski definition) is 3. The number of carboxylic acid groups (broad SMARTS) is 1. The quantitative estimate of drug-likeness (QED) is 0.779. The normalized spacial score (nSPS) is 25.4. The van der Waals surface area contributed by atoms with Crippen LogP contribution in [0.25, 0.3) is 0 Å². The number of urea groups is 1.